The number of anilines is 2. The van der Waals surface area contributed by atoms with Crippen LogP contribution in [0, 0.1) is 5.92 Å². The molecule has 0 aliphatic carbocycles. The SMILES string of the molecule is C=CCn1c(=O)c2cnc(Nc3ccc(C4CCCN(C)C5C6CCN(CC6)C45)cc3)nc2n1-c1cccc(C(C)(C)O)n1. The lowest BCUT2D eigenvalue weighted by atomic mass is 9.72. The molecule has 4 aromatic rings. The second-order valence-electron chi connectivity index (χ2n) is 13.2. The maximum Gasteiger partial charge on any atom is 0.278 e. The highest BCUT2D eigenvalue weighted by Gasteiger charge is 2.48. The summed E-state index contributed by atoms with van der Waals surface area (Å²) >= 11 is 0. The molecule has 7 heterocycles. The minimum absolute atomic E-state index is 0.231. The summed E-state index contributed by atoms with van der Waals surface area (Å²) in [6, 6.07) is 15.4. The molecule has 3 aromatic heterocycles. The average molecular weight is 595 g/mol. The van der Waals surface area contributed by atoms with Crippen molar-refractivity contribution in [3.63, 3.8) is 0 Å². The van der Waals surface area contributed by atoms with Gasteiger partial charge in [-0.05, 0) is 102 Å². The van der Waals surface area contributed by atoms with Crippen molar-refractivity contribution in [1.29, 1.82) is 0 Å². The fourth-order valence-corrected chi connectivity index (χ4v) is 7.84. The molecule has 0 amide bonds. The zero-order valence-corrected chi connectivity index (χ0v) is 25.9. The number of allylic oxidation sites excluding steroid dienone is 1. The number of nitrogens with zero attached hydrogens (tertiary/aromatic N) is 7. The Balaban J connectivity index is 1.20. The molecule has 4 aliphatic heterocycles. The molecule has 0 spiro atoms. The first-order valence-corrected chi connectivity index (χ1v) is 15.8. The summed E-state index contributed by atoms with van der Waals surface area (Å²) < 4.78 is 3.21. The van der Waals surface area contributed by atoms with E-state index in [2.05, 4.69) is 63.0 Å². The Bertz CT molecular complexity index is 1730. The number of benzene rings is 1. The van der Waals surface area contributed by atoms with E-state index in [1.807, 2.05) is 6.07 Å². The van der Waals surface area contributed by atoms with E-state index in [4.69, 9.17) is 4.98 Å². The van der Waals surface area contributed by atoms with Crippen molar-refractivity contribution in [3.8, 4) is 5.82 Å². The van der Waals surface area contributed by atoms with Crippen LogP contribution < -0.4 is 10.9 Å². The summed E-state index contributed by atoms with van der Waals surface area (Å²) in [5.74, 6) is 2.21. The van der Waals surface area contributed by atoms with Crippen molar-refractivity contribution in [3.05, 3.63) is 82.9 Å². The molecule has 0 saturated carbocycles. The van der Waals surface area contributed by atoms with Gasteiger partial charge in [0, 0.05) is 29.9 Å². The molecule has 3 atom stereocenters. The quantitative estimate of drug-likeness (QED) is 0.304. The third-order valence-corrected chi connectivity index (χ3v) is 9.93. The summed E-state index contributed by atoms with van der Waals surface area (Å²) in [6.07, 6.45) is 8.32. The molecule has 10 nitrogen and oxygen atoms in total. The standard InChI is InChI=1S/C34H42N8O2/c1-5-17-41-32(43)26-21-35-33(38-31(26)42(41)28-10-6-9-27(37-28)34(2,3)44)36-24-13-11-22(12-14-24)25-8-7-18-39(4)29-23-15-19-40(20-16-23)30(25)29/h5-6,9-14,21,23,25,29-30,44H,1,7-8,15-20H2,2-4H3,(H,35,36,38). The van der Waals surface area contributed by atoms with Gasteiger partial charge >= 0.3 is 0 Å². The lowest BCUT2D eigenvalue weighted by Crippen LogP contribution is -2.63. The number of rotatable bonds is 7. The molecule has 8 rings (SSSR count). The zero-order valence-electron chi connectivity index (χ0n) is 25.9. The van der Waals surface area contributed by atoms with Crippen LogP contribution >= 0.6 is 0 Å². The van der Waals surface area contributed by atoms with Crippen LogP contribution in [-0.4, -0.2) is 78.0 Å². The van der Waals surface area contributed by atoms with Crippen LogP contribution in [0.1, 0.15) is 56.7 Å². The predicted molar refractivity (Wildman–Crippen MR) is 173 cm³/mol. The normalized spacial score (nSPS) is 25.5. The first kappa shape index (κ1) is 28.9. The third kappa shape index (κ3) is 5.04. The number of hydrogen-bond donors (Lipinski definition) is 2. The van der Waals surface area contributed by atoms with Crippen molar-refractivity contribution in [1.82, 2.24) is 34.1 Å². The van der Waals surface area contributed by atoms with Crippen LogP contribution in [0.25, 0.3) is 16.9 Å². The highest BCUT2D eigenvalue weighted by Crippen LogP contribution is 2.44. The predicted octanol–water partition coefficient (Wildman–Crippen LogP) is 4.41. The number of aromatic nitrogens is 5. The van der Waals surface area contributed by atoms with Crippen LogP contribution in [0.5, 0.6) is 0 Å². The van der Waals surface area contributed by atoms with E-state index in [9.17, 15) is 9.90 Å². The van der Waals surface area contributed by atoms with E-state index >= 15 is 0 Å². The fraction of sp³-hybridized carbons (Fsp3) is 0.471. The summed E-state index contributed by atoms with van der Waals surface area (Å²) in [7, 11) is 2.33. The first-order chi connectivity index (χ1) is 21.2. The second-order valence-corrected chi connectivity index (χ2v) is 13.2. The molecule has 4 fully saturated rings. The molecule has 0 radical (unpaired) electrons. The third-order valence-electron chi connectivity index (χ3n) is 9.93. The molecule has 3 unspecified atom stereocenters. The number of likely N-dealkylation sites (N-methyl/N-ethyl adjacent to an activating group) is 1. The number of piperidine rings is 3. The van der Waals surface area contributed by atoms with E-state index in [1.54, 1.807) is 42.9 Å². The minimum atomic E-state index is -1.14. The van der Waals surface area contributed by atoms with Gasteiger partial charge in [0.25, 0.3) is 5.56 Å². The summed E-state index contributed by atoms with van der Waals surface area (Å²) in [5.41, 5.74) is 1.84. The van der Waals surface area contributed by atoms with Crippen LogP contribution in [0.4, 0.5) is 11.6 Å². The largest absolute Gasteiger partial charge is 0.384 e. The number of aliphatic hydroxyl groups is 1. The second kappa shape index (κ2) is 11.3. The highest BCUT2D eigenvalue weighted by molar-refractivity contribution is 5.77. The molecule has 1 aromatic carbocycles. The summed E-state index contributed by atoms with van der Waals surface area (Å²) in [6.45, 7) is 11.1. The van der Waals surface area contributed by atoms with Gasteiger partial charge in [-0.3, -0.25) is 9.69 Å². The molecular formula is C34H42N8O2. The van der Waals surface area contributed by atoms with Gasteiger partial charge < -0.3 is 15.3 Å². The highest BCUT2D eigenvalue weighted by atomic mass is 16.3. The lowest BCUT2D eigenvalue weighted by Gasteiger charge is -2.55. The van der Waals surface area contributed by atoms with E-state index in [-0.39, 0.29) is 12.1 Å². The molecule has 2 N–H and O–H groups in total. The summed E-state index contributed by atoms with van der Waals surface area (Å²) in [4.78, 5) is 32.7. The van der Waals surface area contributed by atoms with Gasteiger partial charge in [0.05, 0.1) is 12.2 Å². The Labute approximate surface area is 258 Å². The van der Waals surface area contributed by atoms with Crippen LogP contribution in [0.3, 0.4) is 0 Å². The van der Waals surface area contributed by atoms with Gasteiger partial charge in [0.2, 0.25) is 5.95 Å². The van der Waals surface area contributed by atoms with Gasteiger partial charge in [0.15, 0.2) is 11.5 Å². The van der Waals surface area contributed by atoms with Gasteiger partial charge in [-0.2, -0.15) is 4.98 Å². The van der Waals surface area contributed by atoms with Gasteiger partial charge in [-0.1, -0.05) is 24.3 Å². The molecule has 44 heavy (non-hydrogen) atoms. The average Bonchev–Trinajstić information content (AvgIpc) is 3.16. The Morgan fingerprint density at radius 1 is 1.05 bits per heavy atom. The topological polar surface area (TPSA) is 104 Å². The van der Waals surface area contributed by atoms with E-state index in [1.165, 1.54) is 55.6 Å². The Morgan fingerprint density at radius 2 is 1.82 bits per heavy atom. The molecule has 2 bridgehead atoms. The van der Waals surface area contributed by atoms with Gasteiger partial charge in [0.1, 0.15) is 11.0 Å². The molecule has 4 aliphatic rings. The number of nitrogens with one attached hydrogen (secondary N) is 1. The zero-order chi connectivity index (χ0) is 30.6. The Morgan fingerprint density at radius 3 is 2.55 bits per heavy atom. The molecular weight excluding hydrogens is 552 g/mol. The van der Waals surface area contributed by atoms with Crippen LogP contribution in [-0.2, 0) is 12.1 Å². The molecule has 10 heteroatoms. The van der Waals surface area contributed by atoms with E-state index in [0.29, 0.717) is 46.5 Å². The van der Waals surface area contributed by atoms with Crippen molar-refractivity contribution in [2.75, 3.05) is 32.0 Å². The summed E-state index contributed by atoms with van der Waals surface area (Å²) in [5, 5.41) is 14.3. The number of pyridine rings is 1. The number of likely N-dealkylation sites (tertiary alicyclic amines) is 1. The van der Waals surface area contributed by atoms with Crippen molar-refractivity contribution >= 4 is 22.7 Å². The number of fused-ring (bicyclic) bond motifs is 3. The van der Waals surface area contributed by atoms with E-state index < -0.39 is 5.60 Å². The Hall–Kier alpha value is -3.86. The lowest BCUT2D eigenvalue weighted by molar-refractivity contribution is -0.0373. The van der Waals surface area contributed by atoms with Gasteiger partial charge in [-0.15, -0.1) is 6.58 Å². The van der Waals surface area contributed by atoms with Gasteiger partial charge in [-0.25, -0.2) is 19.3 Å². The molecule has 230 valence electrons. The molecule has 4 saturated heterocycles. The maximum atomic E-state index is 13.4. The number of hydrogen-bond acceptors (Lipinski definition) is 8. The van der Waals surface area contributed by atoms with Crippen LogP contribution in [0.15, 0.2) is 66.1 Å². The minimum Gasteiger partial charge on any atom is -0.384 e. The van der Waals surface area contributed by atoms with E-state index in [0.717, 1.165) is 11.6 Å². The monoisotopic (exact) mass is 594 g/mol. The first-order valence-electron chi connectivity index (χ1n) is 15.8. The van der Waals surface area contributed by atoms with Crippen molar-refractivity contribution in [2.24, 2.45) is 5.92 Å². The smallest absolute Gasteiger partial charge is 0.278 e. The maximum absolute atomic E-state index is 13.4. The fourth-order valence-electron chi connectivity index (χ4n) is 7.84. The Kier molecular flexibility index (Phi) is 7.39. The van der Waals surface area contributed by atoms with Crippen molar-refractivity contribution < 1.29 is 5.11 Å². The van der Waals surface area contributed by atoms with Crippen molar-refractivity contribution in [2.45, 2.75) is 69.7 Å². The van der Waals surface area contributed by atoms with Crippen LogP contribution in [0.2, 0.25) is 0 Å².